The van der Waals surface area contributed by atoms with Gasteiger partial charge in [0.1, 0.15) is 0 Å². The van der Waals surface area contributed by atoms with Crippen molar-refractivity contribution in [3.05, 3.63) is 35.4 Å². The van der Waals surface area contributed by atoms with Gasteiger partial charge in [0.25, 0.3) is 5.91 Å². The molecule has 0 aliphatic rings. The van der Waals surface area contributed by atoms with Crippen LogP contribution in [0.5, 0.6) is 0 Å². The number of benzene rings is 1. The van der Waals surface area contributed by atoms with E-state index in [0.717, 1.165) is 35.7 Å². The molecule has 17 heavy (non-hydrogen) atoms. The zero-order valence-corrected chi connectivity index (χ0v) is 12.1. The highest BCUT2D eigenvalue weighted by Gasteiger charge is 2.11. The number of amides is 1. The molecule has 0 spiro atoms. The quantitative estimate of drug-likeness (QED) is 0.800. The van der Waals surface area contributed by atoms with E-state index in [1.54, 1.807) is 0 Å². The third-order valence-electron chi connectivity index (χ3n) is 2.79. The molecule has 1 aromatic carbocycles. The van der Waals surface area contributed by atoms with E-state index in [9.17, 15) is 4.79 Å². The number of rotatable bonds is 6. The smallest absolute Gasteiger partial charge is 0.251 e. The number of nitrogens with one attached hydrogen (secondary N) is 1. The van der Waals surface area contributed by atoms with Gasteiger partial charge in [-0.05, 0) is 37.8 Å². The van der Waals surface area contributed by atoms with Gasteiger partial charge >= 0.3 is 0 Å². The van der Waals surface area contributed by atoms with Crippen molar-refractivity contribution in [2.45, 2.75) is 39.2 Å². The summed E-state index contributed by atoms with van der Waals surface area (Å²) in [7, 11) is 0. The van der Waals surface area contributed by atoms with Crippen LogP contribution in [0.2, 0.25) is 0 Å². The number of hydrogen-bond acceptors (Lipinski definition) is 1. The minimum Gasteiger partial charge on any atom is -0.350 e. The van der Waals surface area contributed by atoms with E-state index in [-0.39, 0.29) is 11.9 Å². The number of halogens is 1. The summed E-state index contributed by atoms with van der Waals surface area (Å²) in [6.45, 7) is 4.12. The molecular weight excluding hydrogens is 278 g/mol. The van der Waals surface area contributed by atoms with E-state index >= 15 is 0 Å². The van der Waals surface area contributed by atoms with Gasteiger partial charge in [0.15, 0.2) is 0 Å². The summed E-state index contributed by atoms with van der Waals surface area (Å²) in [5, 5.41) is 4.03. The molecule has 3 heteroatoms. The lowest BCUT2D eigenvalue weighted by atomic mass is 10.0. The fraction of sp³-hybridized carbons (Fsp3) is 0.500. The molecule has 0 saturated heterocycles. The molecule has 1 rings (SSSR count). The van der Waals surface area contributed by atoms with Gasteiger partial charge in [0.2, 0.25) is 0 Å². The van der Waals surface area contributed by atoms with Crippen LogP contribution in [0.3, 0.4) is 0 Å². The van der Waals surface area contributed by atoms with Crippen LogP contribution in [0.1, 0.15) is 42.6 Å². The minimum atomic E-state index is 0.0459. The van der Waals surface area contributed by atoms with Crippen molar-refractivity contribution in [2.24, 2.45) is 0 Å². The average molecular weight is 298 g/mol. The minimum absolute atomic E-state index is 0.0459. The molecule has 0 saturated carbocycles. The molecule has 0 fully saturated rings. The van der Waals surface area contributed by atoms with Gasteiger partial charge in [-0.15, -0.1) is 0 Å². The zero-order valence-electron chi connectivity index (χ0n) is 10.5. The molecule has 2 nitrogen and oxygen atoms in total. The first-order valence-corrected chi connectivity index (χ1v) is 7.26. The van der Waals surface area contributed by atoms with E-state index in [2.05, 4.69) is 35.1 Å². The van der Waals surface area contributed by atoms with E-state index < -0.39 is 0 Å². The van der Waals surface area contributed by atoms with Crippen LogP contribution in [-0.4, -0.2) is 17.3 Å². The zero-order chi connectivity index (χ0) is 12.7. The van der Waals surface area contributed by atoms with Crippen molar-refractivity contribution in [2.75, 3.05) is 5.33 Å². The molecule has 0 heterocycles. The van der Waals surface area contributed by atoms with Crippen LogP contribution in [-0.2, 0) is 6.42 Å². The molecule has 1 unspecified atom stereocenters. The molecule has 1 N–H and O–H groups in total. The van der Waals surface area contributed by atoms with Crippen LogP contribution < -0.4 is 5.32 Å². The first-order chi connectivity index (χ1) is 8.19. The Morgan fingerprint density at radius 2 is 2.12 bits per heavy atom. The lowest BCUT2D eigenvalue weighted by Gasteiger charge is -2.14. The van der Waals surface area contributed by atoms with Gasteiger partial charge in [-0.25, -0.2) is 0 Å². The highest BCUT2D eigenvalue weighted by atomic mass is 79.9. The summed E-state index contributed by atoms with van der Waals surface area (Å²) >= 11 is 3.40. The van der Waals surface area contributed by atoms with Crippen molar-refractivity contribution in [1.82, 2.24) is 5.32 Å². The molecule has 0 aliphatic carbocycles. The number of hydrogen-bond donors (Lipinski definition) is 1. The molecule has 1 atom stereocenters. The lowest BCUT2D eigenvalue weighted by Crippen LogP contribution is -2.33. The Morgan fingerprint density at radius 1 is 1.41 bits per heavy atom. The van der Waals surface area contributed by atoms with Crippen molar-refractivity contribution in [1.29, 1.82) is 0 Å². The molecule has 0 bridgehead atoms. The number of alkyl halides is 1. The van der Waals surface area contributed by atoms with Crippen LogP contribution in [0.15, 0.2) is 24.3 Å². The maximum atomic E-state index is 12.1. The van der Waals surface area contributed by atoms with Crippen molar-refractivity contribution in [3.63, 3.8) is 0 Å². The fourth-order valence-electron chi connectivity index (χ4n) is 1.81. The Balaban J connectivity index is 2.63. The van der Waals surface area contributed by atoms with E-state index in [0.29, 0.717) is 0 Å². The number of carbonyl (C=O) groups excluding carboxylic acids is 1. The standard InChI is InChI=1S/C14H20BrNO/c1-3-12-8-4-5-9-13(12)14(17)16-11(2)7-6-10-15/h4-5,8-9,11H,3,6-7,10H2,1-2H3,(H,16,17). The van der Waals surface area contributed by atoms with E-state index in [1.807, 2.05) is 24.3 Å². The average Bonchev–Trinajstić information content (AvgIpc) is 2.36. The molecule has 0 aromatic heterocycles. The van der Waals surface area contributed by atoms with Crippen molar-refractivity contribution >= 4 is 21.8 Å². The summed E-state index contributed by atoms with van der Waals surface area (Å²) in [5.74, 6) is 0.0459. The number of aryl methyl sites for hydroxylation is 1. The Kier molecular flexibility index (Phi) is 6.27. The maximum Gasteiger partial charge on any atom is 0.251 e. The molecule has 1 amide bonds. The summed E-state index contributed by atoms with van der Waals surface area (Å²) in [5.41, 5.74) is 1.92. The Morgan fingerprint density at radius 3 is 2.76 bits per heavy atom. The molecular formula is C14H20BrNO. The van der Waals surface area contributed by atoms with E-state index in [1.165, 1.54) is 0 Å². The second kappa shape index (κ2) is 7.49. The van der Waals surface area contributed by atoms with Crippen LogP contribution in [0.4, 0.5) is 0 Å². The predicted octanol–water partition coefficient (Wildman–Crippen LogP) is 3.54. The van der Waals surface area contributed by atoms with Crippen LogP contribution in [0, 0.1) is 0 Å². The first-order valence-electron chi connectivity index (χ1n) is 6.13. The fourth-order valence-corrected chi connectivity index (χ4v) is 2.13. The maximum absolute atomic E-state index is 12.1. The highest BCUT2D eigenvalue weighted by molar-refractivity contribution is 9.09. The monoisotopic (exact) mass is 297 g/mol. The normalized spacial score (nSPS) is 12.2. The third-order valence-corrected chi connectivity index (χ3v) is 3.35. The van der Waals surface area contributed by atoms with Gasteiger partial charge in [-0.2, -0.15) is 0 Å². The number of carbonyl (C=O) groups is 1. The Labute approximate surface area is 112 Å². The largest absolute Gasteiger partial charge is 0.350 e. The molecule has 0 aliphatic heterocycles. The van der Waals surface area contributed by atoms with Gasteiger partial charge in [-0.1, -0.05) is 41.1 Å². The second-order valence-corrected chi connectivity index (χ2v) is 5.01. The van der Waals surface area contributed by atoms with Gasteiger partial charge in [0.05, 0.1) is 0 Å². The third kappa shape index (κ3) is 4.50. The first kappa shape index (κ1) is 14.2. The van der Waals surface area contributed by atoms with Gasteiger partial charge < -0.3 is 5.32 Å². The molecule has 0 radical (unpaired) electrons. The highest BCUT2D eigenvalue weighted by Crippen LogP contribution is 2.10. The predicted molar refractivity (Wildman–Crippen MR) is 75.8 cm³/mol. The van der Waals surface area contributed by atoms with E-state index in [4.69, 9.17) is 0 Å². The summed E-state index contributed by atoms with van der Waals surface area (Å²) in [6.07, 6.45) is 2.97. The Bertz CT molecular complexity index is 365. The Hall–Kier alpha value is -0.830. The van der Waals surface area contributed by atoms with Gasteiger partial charge in [-0.3, -0.25) is 4.79 Å². The SMILES string of the molecule is CCc1ccccc1C(=O)NC(C)CCCBr. The summed E-state index contributed by atoms with van der Waals surface area (Å²) in [4.78, 5) is 12.1. The molecule has 94 valence electrons. The summed E-state index contributed by atoms with van der Waals surface area (Å²) in [6, 6.07) is 8.02. The molecule has 1 aromatic rings. The van der Waals surface area contributed by atoms with Crippen LogP contribution in [0.25, 0.3) is 0 Å². The van der Waals surface area contributed by atoms with Crippen molar-refractivity contribution in [3.8, 4) is 0 Å². The van der Waals surface area contributed by atoms with Gasteiger partial charge in [0, 0.05) is 16.9 Å². The van der Waals surface area contributed by atoms with Crippen LogP contribution >= 0.6 is 15.9 Å². The lowest BCUT2D eigenvalue weighted by molar-refractivity contribution is 0.0937. The second-order valence-electron chi connectivity index (χ2n) is 4.22. The summed E-state index contributed by atoms with van der Waals surface area (Å²) < 4.78 is 0. The van der Waals surface area contributed by atoms with Crippen molar-refractivity contribution < 1.29 is 4.79 Å². The topological polar surface area (TPSA) is 29.1 Å².